The number of unbranched alkanes of at least 4 members (excludes halogenated alkanes) is 9. The summed E-state index contributed by atoms with van der Waals surface area (Å²) in [6, 6.07) is -1.15. The van der Waals surface area contributed by atoms with Crippen LogP contribution < -0.4 is 0 Å². The van der Waals surface area contributed by atoms with Crippen molar-refractivity contribution < 1.29 is 79.1 Å². The monoisotopic (exact) mass is 746 g/mol. The third-order valence-electron chi connectivity index (χ3n) is 8.44. The minimum absolute atomic E-state index is 0.0794. The van der Waals surface area contributed by atoms with Crippen molar-refractivity contribution in [1.29, 1.82) is 0 Å². The van der Waals surface area contributed by atoms with Crippen LogP contribution in [-0.2, 0) is 4.43 Å². The van der Waals surface area contributed by atoms with E-state index in [1.165, 1.54) is 27.7 Å². The number of alkyl halides is 17. The smallest absolute Gasteiger partial charge is 0.416 e. The lowest BCUT2D eigenvalue weighted by molar-refractivity contribution is -0.461. The highest BCUT2D eigenvalue weighted by atomic mass is 28.4. The van der Waals surface area contributed by atoms with Gasteiger partial charge in [-0.1, -0.05) is 92.4 Å². The van der Waals surface area contributed by atoms with Crippen LogP contribution in [0.2, 0.25) is 17.1 Å². The molecule has 0 fully saturated rings. The third-order valence-corrected chi connectivity index (χ3v) is 14.1. The minimum atomic E-state index is -8.62. The fraction of sp³-hybridized carbons (Fsp3) is 1.00. The van der Waals surface area contributed by atoms with Gasteiger partial charge in [0.05, 0.1) is 0 Å². The molecular formula is C28H43F17OSi. The van der Waals surface area contributed by atoms with Crippen LogP contribution in [0.4, 0.5) is 74.6 Å². The molecule has 19 heteroatoms. The van der Waals surface area contributed by atoms with Gasteiger partial charge < -0.3 is 4.43 Å². The molecule has 0 atom stereocenters. The Morgan fingerprint density at radius 2 is 0.766 bits per heavy atom. The molecule has 0 aliphatic heterocycles. The Morgan fingerprint density at radius 1 is 0.447 bits per heavy atom. The average molecular weight is 747 g/mol. The fourth-order valence-corrected chi connectivity index (χ4v) is 9.74. The molecule has 0 heterocycles. The van der Waals surface area contributed by atoms with Gasteiger partial charge in [-0.2, -0.15) is 74.6 Å². The van der Waals surface area contributed by atoms with E-state index in [-0.39, 0.29) is 6.61 Å². The van der Waals surface area contributed by atoms with Crippen LogP contribution >= 0.6 is 0 Å². The summed E-state index contributed by atoms with van der Waals surface area (Å²) in [6.45, 7) is 7.70. The third kappa shape index (κ3) is 9.21. The van der Waals surface area contributed by atoms with Crippen LogP contribution in [0, 0.1) is 0 Å². The summed E-state index contributed by atoms with van der Waals surface area (Å²) in [5.74, 6) is -56.1. The Kier molecular flexibility index (Phi) is 16.0. The standard InChI is InChI=1S/C28H43F17OSi/c1-6-7-8-9-10-11-12-13-14-15-17-46-47(19(2)3,20(4)5)18-16-21(29,30)22(31,32)23(33,34)24(35,36)25(37,38)26(39,40)27(41,42)28(43,44)45/h19-20H,6-18H2,1-5H3. The summed E-state index contributed by atoms with van der Waals surface area (Å²) in [5.41, 5.74) is -1.38. The first-order valence-electron chi connectivity index (χ1n) is 15.3. The maximum absolute atomic E-state index is 14.7. The first kappa shape index (κ1) is 46.0. The molecule has 0 saturated heterocycles. The van der Waals surface area contributed by atoms with Gasteiger partial charge in [0.1, 0.15) is 0 Å². The van der Waals surface area contributed by atoms with E-state index in [0.717, 1.165) is 51.4 Å². The van der Waals surface area contributed by atoms with Crippen molar-refractivity contribution in [2.45, 2.75) is 170 Å². The molecule has 0 N–H and O–H groups in total. The predicted molar refractivity (Wildman–Crippen MR) is 144 cm³/mol. The first-order valence-corrected chi connectivity index (χ1v) is 17.5. The predicted octanol–water partition coefficient (Wildman–Crippen LogP) is 13.1. The van der Waals surface area contributed by atoms with Crippen molar-refractivity contribution in [2.75, 3.05) is 6.61 Å². The van der Waals surface area contributed by atoms with Gasteiger partial charge in [-0.25, -0.2) is 0 Å². The van der Waals surface area contributed by atoms with E-state index >= 15 is 0 Å². The van der Waals surface area contributed by atoms with E-state index in [0.29, 0.717) is 12.8 Å². The highest BCUT2D eigenvalue weighted by Crippen LogP contribution is 2.64. The molecule has 0 aromatic heterocycles. The van der Waals surface area contributed by atoms with Gasteiger partial charge in [0, 0.05) is 13.0 Å². The SMILES string of the molecule is CCCCCCCCCCCCO[Si](CCC(F)(F)C(F)(F)C(F)(F)C(F)(F)C(F)(F)C(F)(F)C(F)(F)C(F)(F)F)(C(C)C)C(C)C. The molecule has 0 bridgehead atoms. The topological polar surface area (TPSA) is 9.23 Å². The second-order valence-corrected chi connectivity index (χ2v) is 17.5. The summed E-state index contributed by atoms with van der Waals surface area (Å²) < 4.78 is 238. The molecule has 0 saturated carbocycles. The van der Waals surface area contributed by atoms with Crippen LogP contribution in [0.15, 0.2) is 0 Å². The van der Waals surface area contributed by atoms with Gasteiger partial charge in [-0.15, -0.1) is 0 Å². The molecule has 0 aromatic carbocycles. The highest BCUT2D eigenvalue weighted by Gasteiger charge is 2.95. The van der Waals surface area contributed by atoms with Crippen molar-refractivity contribution in [3.8, 4) is 0 Å². The van der Waals surface area contributed by atoms with Gasteiger partial charge >= 0.3 is 47.6 Å². The summed E-state index contributed by atoms with van der Waals surface area (Å²) in [6.07, 6.45) is -1.07. The molecule has 1 nitrogen and oxygen atoms in total. The van der Waals surface area contributed by atoms with Crippen LogP contribution in [0.1, 0.15) is 105 Å². The van der Waals surface area contributed by atoms with E-state index in [9.17, 15) is 74.6 Å². The molecular weight excluding hydrogens is 703 g/mol. The van der Waals surface area contributed by atoms with E-state index in [4.69, 9.17) is 4.43 Å². The van der Waals surface area contributed by atoms with E-state index in [1.54, 1.807) is 0 Å². The Morgan fingerprint density at radius 3 is 1.11 bits per heavy atom. The van der Waals surface area contributed by atoms with E-state index < -0.39 is 79.5 Å². The van der Waals surface area contributed by atoms with Crippen LogP contribution in [0.3, 0.4) is 0 Å². The van der Waals surface area contributed by atoms with Gasteiger partial charge in [-0.05, 0) is 23.5 Å². The first-order chi connectivity index (χ1) is 20.9. The highest BCUT2D eigenvalue weighted by molar-refractivity contribution is 6.76. The van der Waals surface area contributed by atoms with Crippen molar-refractivity contribution in [3.63, 3.8) is 0 Å². The van der Waals surface area contributed by atoms with E-state index in [2.05, 4.69) is 6.92 Å². The molecule has 0 aliphatic carbocycles. The van der Waals surface area contributed by atoms with Crippen molar-refractivity contribution >= 4 is 8.32 Å². The van der Waals surface area contributed by atoms with Crippen molar-refractivity contribution in [1.82, 2.24) is 0 Å². The lowest BCUT2D eigenvalue weighted by Crippen LogP contribution is -2.74. The second kappa shape index (κ2) is 16.3. The fourth-order valence-electron chi connectivity index (χ4n) is 5.21. The molecule has 0 radical (unpaired) electrons. The Balaban J connectivity index is 5.97. The molecule has 284 valence electrons. The summed E-state index contributed by atoms with van der Waals surface area (Å²) in [5, 5.41) is 0. The maximum atomic E-state index is 14.7. The zero-order valence-electron chi connectivity index (χ0n) is 26.7. The second-order valence-electron chi connectivity index (χ2n) is 12.4. The van der Waals surface area contributed by atoms with Gasteiger partial charge in [0.2, 0.25) is 0 Å². The van der Waals surface area contributed by atoms with Crippen LogP contribution in [0.5, 0.6) is 0 Å². The van der Waals surface area contributed by atoms with Gasteiger partial charge in [0.25, 0.3) is 0 Å². The summed E-state index contributed by atoms with van der Waals surface area (Å²) >= 11 is 0. The van der Waals surface area contributed by atoms with Crippen molar-refractivity contribution in [2.24, 2.45) is 0 Å². The Bertz CT molecular complexity index is 924. The molecule has 0 amide bonds. The lowest BCUT2D eigenvalue weighted by atomic mass is 9.88. The van der Waals surface area contributed by atoms with Crippen LogP contribution in [-0.4, -0.2) is 62.6 Å². The molecule has 47 heavy (non-hydrogen) atoms. The minimum Gasteiger partial charge on any atom is -0.416 e. The zero-order valence-corrected chi connectivity index (χ0v) is 27.7. The zero-order chi connectivity index (χ0) is 37.6. The molecule has 0 unspecified atom stereocenters. The summed E-state index contributed by atoms with van der Waals surface area (Å²) in [4.78, 5) is 0. The average Bonchev–Trinajstić information content (AvgIpc) is 2.91. The van der Waals surface area contributed by atoms with E-state index in [1.807, 2.05) is 0 Å². The maximum Gasteiger partial charge on any atom is 0.460 e. The molecule has 0 rings (SSSR count). The quantitative estimate of drug-likeness (QED) is 0.0575. The number of rotatable bonds is 23. The summed E-state index contributed by atoms with van der Waals surface area (Å²) in [7, 11) is -3.69. The number of hydrogen-bond donors (Lipinski definition) is 0. The normalized spacial score (nSPS) is 15.3. The largest absolute Gasteiger partial charge is 0.460 e. The lowest BCUT2D eigenvalue weighted by Gasteiger charge is -2.44. The Hall–Kier alpha value is -1.01. The van der Waals surface area contributed by atoms with Gasteiger partial charge in [-0.3, -0.25) is 0 Å². The van der Waals surface area contributed by atoms with Crippen LogP contribution in [0.25, 0.3) is 0 Å². The molecule has 0 aliphatic rings. The number of hydrogen-bond acceptors (Lipinski definition) is 1. The van der Waals surface area contributed by atoms with Crippen molar-refractivity contribution in [3.05, 3.63) is 0 Å². The number of halogens is 17. The van der Waals surface area contributed by atoms with Gasteiger partial charge in [0.15, 0.2) is 8.32 Å². The Labute approximate surface area is 264 Å². The molecule has 0 spiro atoms. The molecule has 0 aromatic rings.